The Morgan fingerprint density at radius 1 is 1.41 bits per heavy atom. The molecule has 3 heteroatoms. The molecule has 1 fully saturated rings. The van der Waals surface area contributed by atoms with Gasteiger partial charge in [-0.25, -0.2) is 0 Å². The lowest BCUT2D eigenvalue weighted by atomic mass is 10.2. The van der Waals surface area contributed by atoms with Gasteiger partial charge in [-0.1, -0.05) is 18.2 Å². The van der Waals surface area contributed by atoms with Gasteiger partial charge in [0.2, 0.25) is 0 Å². The number of aliphatic hydroxyl groups is 1. The molecular formula is C14H21NO2. The second-order valence-corrected chi connectivity index (χ2v) is 4.71. The maximum atomic E-state index is 9.40. The minimum Gasteiger partial charge on any atom is -0.493 e. The van der Waals surface area contributed by atoms with Gasteiger partial charge in [-0.2, -0.15) is 0 Å². The van der Waals surface area contributed by atoms with Gasteiger partial charge in [0.05, 0.1) is 12.7 Å². The average Bonchev–Trinajstić information content (AvgIpc) is 2.73. The molecule has 1 saturated heterocycles. The van der Waals surface area contributed by atoms with E-state index in [1.807, 2.05) is 18.2 Å². The van der Waals surface area contributed by atoms with Gasteiger partial charge in [0.1, 0.15) is 5.75 Å². The lowest BCUT2D eigenvalue weighted by Gasteiger charge is -2.15. The molecule has 2 rings (SSSR count). The number of ether oxygens (including phenoxy) is 1. The first kappa shape index (κ1) is 12.4. The highest BCUT2D eigenvalue weighted by molar-refractivity contribution is 5.31. The number of hydrogen-bond donors (Lipinski definition) is 1. The summed E-state index contributed by atoms with van der Waals surface area (Å²) in [5.74, 6) is 0.981. The van der Waals surface area contributed by atoms with E-state index in [1.165, 1.54) is 5.56 Å². The van der Waals surface area contributed by atoms with Gasteiger partial charge in [-0.15, -0.1) is 0 Å². The SMILES string of the molecule is Cc1ccccc1OCCCN1CC[C@H](O)C1. The summed E-state index contributed by atoms with van der Waals surface area (Å²) in [5.41, 5.74) is 1.18. The number of β-amino-alcohol motifs (C(OH)–C–C–N with tert-alkyl or cyclic N) is 1. The van der Waals surface area contributed by atoms with Crippen molar-refractivity contribution in [3.05, 3.63) is 29.8 Å². The third-order valence-electron chi connectivity index (χ3n) is 3.22. The van der Waals surface area contributed by atoms with Crippen molar-refractivity contribution >= 4 is 0 Å². The maximum Gasteiger partial charge on any atom is 0.122 e. The van der Waals surface area contributed by atoms with Crippen molar-refractivity contribution in [1.29, 1.82) is 0 Å². The molecule has 0 unspecified atom stereocenters. The minimum atomic E-state index is -0.118. The Hall–Kier alpha value is -1.06. The van der Waals surface area contributed by atoms with Crippen LogP contribution in [0.4, 0.5) is 0 Å². The molecule has 0 aliphatic carbocycles. The number of para-hydroxylation sites is 1. The number of likely N-dealkylation sites (tertiary alicyclic amines) is 1. The van der Waals surface area contributed by atoms with E-state index in [0.29, 0.717) is 0 Å². The summed E-state index contributed by atoms with van der Waals surface area (Å²) in [7, 11) is 0. The van der Waals surface area contributed by atoms with E-state index in [4.69, 9.17) is 4.74 Å². The van der Waals surface area contributed by atoms with Crippen molar-refractivity contribution in [2.24, 2.45) is 0 Å². The van der Waals surface area contributed by atoms with Crippen LogP contribution < -0.4 is 4.74 Å². The zero-order valence-corrected chi connectivity index (χ0v) is 10.4. The fourth-order valence-electron chi connectivity index (χ4n) is 2.20. The molecule has 1 atom stereocenters. The highest BCUT2D eigenvalue weighted by atomic mass is 16.5. The molecule has 1 aromatic rings. The largest absolute Gasteiger partial charge is 0.493 e. The first-order valence-corrected chi connectivity index (χ1v) is 6.34. The molecule has 0 aromatic heterocycles. The second kappa shape index (κ2) is 6.03. The Morgan fingerprint density at radius 2 is 2.24 bits per heavy atom. The molecule has 0 saturated carbocycles. The fraction of sp³-hybridized carbons (Fsp3) is 0.571. The van der Waals surface area contributed by atoms with E-state index in [1.54, 1.807) is 0 Å². The molecule has 0 amide bonds. The van der Waals surface area contributed by atoms with Gasteiger partial charge in [-0.05, 0) is 31.4 Å². The van der Waals surface area contributed by atoms with Crippen LogP contribution in [0.3, 0.4) is 0 Å². The number of nitrogens with zero attached hydrogens (tertiary/aromatic N) is 1. The third-order valence-corrected chi connectivity index (χ3v) is 3.22. The van der Waals surface area contributed by atoms with Crippen LogP contribution in [0.5, 0.6) is 5.75 Å². The van der Waals surface area contributed by atoms with Crippen LogP contribution in [0.25, 0.3) is 0 Å². The lowest BCUT2D eigenvalue weighted by molar-refractivity contribution is 0.173. The predicted octanol–water partition coefficient (Wildman–Crippen LogP) is 1.83. The van der Waals surface area contributed by atoms with Gasteiger partial charge in [0.15, 0.2) is 0 Å². The third kappa shape index (κ3) is 3.72. The molecule has 94 valence electrons. The zero-order chi connectivity index (χ0) is 12.1. The van der Waals surface area contributed by atoms with E-state index >= 15 is 0 Å². The summed E-state index contributed by atoms with van der Waals surface area (Å²) < 4.78 is 5.73. The number of rotatable bonds is 5. The highest BCUT2D eigenvalue weighted by Gasteiger charge is 2.19. The van der Waals surface area contributed by atoms with Crippen molar-refractivity contribution < 1.29 is 9.84 Å². The van der Waals surface area contributed by atoms with E-state index in [2.05, 4.69) is 17.9 Å². The van der Waals surface area contributed by atoms with Crippen LogP contribution in [0.15, 0.2) is 24.3 Å². The second-order valence-electron chi connectivity index (χ2n) is 4.71. The molecule has 0 bridgehead atoms. The van der Waals surface area contributed by atoms with E-state index < -0.39 is 0 Å². The molecule has 17 heavy (non-hydrogen) atoms. The molecule has 0 radical (unpaired) electrons. The molecule has 3 nitrogen and oxygen atoms in total. The molecule has 1 aliphatic heterocycles. The van der Waals surface area contributed by atoms with Crippen LogP contribution in [0.2, 0.25) is 0 Å². The Labute approximate surface area is 103 Å². The minimum absolute atomic E-state index is 0.118. The van der Waals surface area contributed by atoms with Gasteiger partial charge in [-0.3, -0.25) is 0 Å². The van der Waals surface area contributed by atoms with E-state index in [-0.39, 0.29) is 6.10 Å². The Balaban J connectivity index is 1.65. The smallest absolute Gasteiger partial charge is 0.122 e. The van der Waals surface area contributed by atoms with Crippen molar-refractivity contribution in [2.75, 3.05) is 26.2 Å². The maximum absolute atomic E-state index is 9.40. The molecule has 0 spiro atoms. The van der Waals surface area contributed by atoms with Gasteiger partial charge < -0.3 is 14.7 Å². The monoisotopic (exact) mass is 235 g/mol. The standard InChI is InChI=1S/C14H21NO2/c1-12-5-2-3-6-14(12)17-10-4-8-15-9-7-13(16)11-15/h2-3,5-6,13,16H,4,7-11H2,1H3/t13-/m0/s1. The molecule has 1 N–H and O–H groups in total. The first-order valence-electron chi connectivity index (χ1n) is 6.34. The van der Waals surface area contributed by atoms with Crippen molar-refractivity contribution in [3.8, 4) is 5.75 Å². The highest BCUT2D eigenvalue weighted by Crippen LogP contribution is 2.16. The topological polar surface area (TPSA) is 32.7 Å². The number of aryl methyl sites for hydroxylation is 1. The van der Waals surface area contributed by atoms with E-state index in [9.17, 15) is 5.11 Å². The van der Waals surface area contributed by atoms with Crippen molar-refractivity contribution in [1.82, 2.24) is 4.90 Å². The fourth-order valence-corrected chi connectivity index (χ4v) is 2.20. The molecule has 1 aliphatic rings. The Kier molecular flexibility index (Phi) is 4.40. The van der Waals surface area contributed by atoms with Gasteiger partial charge >= 0.3 is 0 Å². The number of benzene rings is 1. The number of hydrogen-bond acceptors (Lipinski definition) is 3. The predicted molar refractivity (Wildman–Crippen MR) is 68.4 cm³/mol. The summed E-state index contributed by atoms with van der Waals surface area (Å²) in [5, 5.41) is 9.40. The Bertz CT molecular complexity index is 354. The lowest BCUT2D eigenvalue weighted by Crippen LogP contribution is -2.24. The van der Waals surface area contributed by atoms with E-state index in [0.717, 1.165) is 44.8 Å². The summed E-state index contributed by atoms with van der Waals surface area (Å²) in [6, 6.07) is 8.09. The van der Waals surface area contributed by atoms with Crippen molar-refractivity contribution in [3.63, 3.8) is 0 Å². The van der Waals surface area contributed by atoms with Crippen LogP contribution in [-0.2, 0) is 0 Å². The molecular weight excluding hydrogens is 214 g/mol. The summed E-state index contributed by atoms with van der Waals surface area (Å²) in [6.45, 7) is 5.67. The molecule has 1 aromatic carbocycles. The van der Waals surface area contributed by atoms with Gasteiger partial charge in [0, 0.05) is 19.6 Å². The van der Waals surface area contributed by atoms with Crippen molar-refractivity contribution in [2.45, 2.75) is 25.9 Å². The zero-order valence-electron chi connectivity index (χ0n) is 10.4. The van der Waals surface area contributed by atoms with Crippen LogP contribution >= 0.6 is 0 Å². The van der Waals surface area contributed by atoms with Crippen LogP contribution in [0.1, 0.15) is 18.4 Å². The normalized spacial score (nSPS) is 20.7. The first-order chi connectivity index (χ1) is 8.25. The van der Waals surface area contributed by atoms with Gasteiger partial charge in [0.25, 0.3) is 0 Å². The quantitative estimate of drug-likeness (QED) is 0.790. The van der Waals surface area contributed by atoms with Crippen LogP contribution in [-0.4, -0.2) is 42.4 Å². The Morgan fingerprint density at radius 3 is 2.94 bits per heavy atom. The van der Waals surface area contributed by atoms with Crippen LogP contribution in [0, 0.1) is 6.92 Å². The molecule has 1 heterocycles. The summed E-state index contributed by atoms with van der Waals surface area (Å²) in [6.07, 6.45) is 1.81. The summed E-state index contributed by atoms with van der Waals surface area (Å²) >= 11 is 0. The number of aliphatic hydroxyl groups excluding tert-OH is 1. The average molecular weight is 235 g/mol. The summed E-state index contributed by atoms with van der Waals surface area (Å²) in [4.78, 5) is 2.30.